The normalized spacial score (nSPS) is 7.71. The van der Waals surface area contributed by atoms with Crippen LogP contribution in [0.3, 0.4) is 0 Å². The monoisotopic (exact) mass is 297 g/mol. The number of hydrogen-bond donors (Lipinski definition) is 0. The molecule has 7 nitrogen and oxygen atoms in total. The number of carbonyl (C=O) groups excluding carboxylic acids is 3. The molecule has 0 aromatic carbocycles. The lowest BCUT2D eigenvalue weighted by Crippen LogP contribution is -1.98. The Bertz CT molecular complexity index is 388. The first-order valence-electron chi connectivity index (χ1n) is 5.57. The quantitative estimate of drug-likeness (QED) is 0.333. The van der Waals surface area contributed by atoms with Crippen molar-refractivity contribution in [3.8, 4) is 6.07 Å². The summed E-state index contributed by atoms with van der Waals surface area (Å²) in [6.07, 6.45) is 4.31. The van der Waals surface area contributed by atoms with E-state index in [9.17, 15) is 14.4 Å². The van der Waals surface area contributed by atoms with Crippen molar-refractivity contribution < 1.29 is 28.6 Å². The lowest BCUT2D eigenvalue weighted by atomic mass is 10.5. The molecule has 0 rings (SSSR count). The molecule has 0 atom stereocenters. The van der Waals surface area contributed by atoms with Gasteiger partial charge in [-0.15, -0.1) is 0 Å². The largest absolute Gasteiger partial charge is 0.466 e. The van der Waals surface area contributed by atoms with Crippen molar-refractivity contribution >= 4 is 17.9 Å². The van der Waals surface area contributed by atoms with E-state index in [-0.39, 0.29) is 5.97 Å². The molecular weight excluding hydrogens is 278 g/mol. The Morgan fingerprint density at radius 1 is 1.05 bits per heavy atom. The number of carbonyl (C=O) groups is 3. The van der Waals surface area contributed by atoms with E-state index >= 15 is 0 Å². The van der Waals surface area contributed by atoms with E-state index in [2.05, 4.69) is 27.4 Å². The van der Waals surface area contributed by atoms with Crippen LogP contribution in [0, 0.1) is 11.3 Å². The molecule has 0 fully saturated rings. The zero-order chi connectivity index (χ0) is 17.1. The number of allylic oxidation sites excluding steroid dienone is 1. The van der Waals surface area contributed by atoms with Gasteiger partial charge in [0.2, 0.25) is 0 Å². The number of nitriles is 1. The summed E-state index contributed by atoms with van der Waals surface area (Å²) >= 11 is 0. The molecule has 0 aliphatic rings. The summed E-state index contributed by atoms with van der Waals surface area (Å²) in [5, 5.41) is 7.51. The zero-order valence-corrected chi connectivity index (χ0v) is 12.3. The molecular formula is C14H19NO6. The fourth-order valence-electron chi connectivity index (χ4n) is 0.473. The third-order valence-electron chi connectivity index (χ3n) is 1.30. The maximum absolute atomic E-state index is 10.3. The Morgan fingerprint density at radius 3 is 1.57 bits per heavy atom. The van der Waals surface area contributed by atoms with Crippen molar-refractivity contribution in [1.82, 2.24) is 0 Å². The molecule has 0 amide bonds. The van der Waals surface area contributed by atoms with Crippen LogP contribution in [0.15, 0.2) is 37.5 Å². The molecule has 7 heteroatoms. The van der Waals surface area contributed by atoms with Gasteiger partial charge in [-0.2, -0.15) is 5.26 Å². The van der Waals surface area contributed by atoms with Gasteiger partial charge in [-0.05, 0) is 6.92 Å². The van der Waals surface area contributed by atoms with Crippen molar-refractivity contribution in [3.63, 3.8) is 0 Å². The van der Waals surface area contributed by atoms with Gasteiger partial charge in [-0.25, -0.2) is 14.4 Å². The van der Waals surface area contributed by atoms with Gasteiger partial charge in [0.15, 0.2) is 0 Å². The molecule has 0 spiro atoms. The maximum atomic E-state index is 10.3. The average Bonchev–Trinajstić information content (AvgIpc) is 2.52. The highest BCUT2D eigenvalue weighted by molar-refractivity contribution is 5.91. The molecule has 0 bridgehead atoms. The number of esters is 3. The van der Waals surface area contributed by atoms with Crippen LogP contribution < -0.4 is 0 Å². The number of rotatable bonds is 4. The van der Waals surface area contributed by atoms with Gasteiger partial charge in [0.1, 0.15) is 0 Å². The highest BCUT2D eigenvalue weighted by Crippen LogP contribution is 1.80. The van der Waals surface area contributed by atoms with Gasteiger partial charge < -0.3 is 14.2 Å². The Balaban J connectivity index is -0.000000256. The molecule has 0 saturated heterocycles. The summed E-state index contributed by atoms with van der Waals surface area (Å²) < 4.78 is 12.9. The van der Waals surface area contributed by atoms with Crippen molar-refractivity contribution in [3.05, 3.63) is 37.5 Å². The third-order valence-corrected chi connectivity index (χ3v) is 1.30. The maximum Gasteiger partial charge on any atom is 0.330 e. The van der Waals surface area contributed by atoms with E-state index in [1.165, 1.54) is 20.3 Å². The first kappa shape index (κ1) is 23.2. The summed E-state index contributed by atoms with van der Waals surface area (Å²) in [6, 6.07) is 1.69. The predicted octanol–water partition coefficient (Wildman–Crippen LogP) is 1.32. The number of methoxy groups -OCH3 is 2. The number of ether oxygens (including phenoxy) is 3. The molecule has 0 aromatic rings. The number of hydrogen-bond acceptors (Lipinski definition) is 7. The molecule has 0 aromatic heterocycles. The van der Waals surface area contributed by atoms with Crippen LogP contribution in [0.1, 0.15) is 6.92 Å². The van der Waals surface area contributed by atoms with Gasteiger partial charge in [0.25, 0.3) is 0 Å². The van der Waals surface area contributed by atoms with Gasteiger partial charge >= 0.3 is 17.9 Å². The molecule has 21 heavy (non-hydrogen) atoms. The molecule has 0 N–H and O–H groups in total. The SMILES string of the molecule is C=CC#N.C=CC(=O)OCC.COC(=O)C=CC(=O)OC. The second-order valence-corrected chi connectivity index (χ2v) is 2.67. The summed E-state index contributed by atoms with van der Waals surface area (Å²) in [5.74, 6) is -1.52. The molecule has 116 valence electrons. The first-order valence-corrected chi connectivity index (χ1v) is 5.57. The molecule has 0 unspecified atom stereocenters. The van der Waals surface area contributed by atoms with Crippen LogP contribution in [-0.4, -0.2) is 38.7 Å². The Morgan fingerprint density at radius 2 is 1.43 bits per heavy atom. The Hall–Kier alpha value is -2.88. The molecule has 0 radical (unpaired) electrons. The Labute approximate surface area is 124 Å². The molecule has 0 saturated carbocycles. The fraction of sp³-hybridized carbons (Fsp3) is 0.286. The van der Waals surface area contributed by atoms with E-state index in [1.807, 2.05) is 0 Å². The Kier molecular flexibility index (Phi) is 21.5. The summed E-state index contributed by atoms with van der Waals surface area (Å²) in [6.45, 7) is 8.50. The second-order valence-electron chi connectivity index (χ2n) is 2.67. The molecule has 0 aliphatic heterocycles. The highest BCUT2D eigenvalue weighted by atomic mass is 16.5. The van der Waals surface area contributed by atoms with Crippen molar-refractivity contribution in [1.29, 1.82) is 5.26 Å². The summed E-state index contributed by atoms with van der Waals surface area (Å²) in [7, 11) is 2.45. The summed E-state index contributed by atoms with van der Waals surface area (Å²) in [4.78, 5) is 30.7. The average molecular weight is 297 g/mol. The van der Waals surface area contributed by atoms with E-state index in [4.69, 9.17) is 5.26 Å². The van der Waals surface area contributed by atoms with Crippen molar-refractivity contribution in [2.45, 2.75) is 6.92 Å². The third kappa shape index (κ3) is 26.6. The smallest absolute Gasteiger partial charge is 0.330 e. The zero-order valence-electron chi connectivity index (χ0n) is 12.3. The van der Waals surface area contributed by atoms with Crippen LogP contribution in [-0.2, 0) is 28.6 Å². The number of nitrogens with zero attached hydrogens (tertiary/aromatic N) is 1. The van der Waals surface area contributed by atoms with Crippen molar-refractivity contribution in [2.24, 2.45) is 0 Å². The standard InChI is InChI=1S/C6H8O4.C5H8O2.C3H3N/c1-9-5(7)3-4-6(8)10-2;1-3-5(6)7-4-2;1-2-3-4/h3-4H,1-2H3;3H,1,4H2,2H3;2H,1H2. The van der Waals surface area contributed by atoms with Crippen molar-refractivity contribution in [2.75, 3.05) is 20.8 Å². The van der Waals surface area contributed by atoms with Gasteiger partial charge in [-0.1, -0.05) is 13.2 Å². The van der Waals surface area contributed by atoms with Gasteiger partial charge in [0.05, 0.1) is 26.9 Å². The fourth-order valence-corrected chi connectivity index (χ4v) is 0.473. The van der Waals surface area contributed by atoms with Crippen LogP contribution in [0.5, 0.6) is 0 Å². The minimum absolute atomic E-state index is 0.359. The van der Waals surface area contributed by atoms with Crippen LogP contribution in [0.25, 0.3) is 0 Å². The van der Waals surface area contributed by atoms with E-state index in [0.29, 0.717) is 6.61 Å². The summed E-state index contributed by atoms with van der Waals surface area (Å²) in [5.41, 5.74) is 0. The topological polar surface area (TPSA) is 103 Å². The van der Waals surface area contributed by atoms with Gasteiger partial charge in [-0.3, -0.25) is 0 Å². The minimum Gasteiger partial charge on any atom is -0.466 e. The van der Waals surface area contributed by atoms with Crippen LogP contribution in [0.2, 0.25) is 0 Å². The van der Waals surface area contributed by atoms with E-state index < -0.39 is 11.9 Å². The predicted molar refractivity (Wildman–Crippen MR) is 75.8 cm³/mol. The van der Waals surface area contributed by atoms with Crippen LogP contribution in [0.4, 0.5) is 0 Å². The first-order chi connectivity index (χ1) is 9.92. The lowest BCUT2D eigenvalue weighted by molar-refractivity contribution is -0.137. The van der Waals surface area contributed by atoms with E-state index in [0.717, 1.165) is 18.2 Å². The van der Waals surface area contributed by atoms with Crippen LogP contribution >= 0.6 is 0 Å². The lowest BCUT2D eigenvalue weighted by Gasteiger charge is -1.90. The second kappa shape index (κ2) is 19.5. The minimum atomic E-state index is -0.578. The highest BCUT2D eigenvalue weighted by Gasteiger charge is 1.94. The van der Waals surface area contributed by atoms with Gasteiger partial charge in [0, 0.05) is 24.3 Å². The van der Waals surface area contributed by atoms with E-state index in [1.54, 1.807) is 13.0 Å². The molecule has 0 aliphatic carbocycles. The molecule has 0 heterocycles.